The molecule has 1 saturated carbocycles. The van der Waals surface area contributed by atoms with E-state index >= 15 is 0 Å². The van der Waals surface area contributed by atoms with Gasteiger partial charge in [0.05, 0.1) is 13.7 Å². The molecule has 5 atom stereocenters. The summed E-state index contributed by atoms with van der Waals surface area (Å²) in [5.41, 5.74) is 0.875. The number of hydrogen-bond donors (Lipinski definition) is 3. The van der Waals surface area contributed by atoms with E-state index in [2.05, 4.69) is 10.6 Å². The Morgan fingerprint density at radius 3 is 2.50 bits per heavy atom. The van der Waals surface area contributed by atoms with E-state index in [4.69, 9.17) is 9.47 Å². The molecule has 0 aromatic heterocycles. The Kier molecular flexibility index (Phi) is 8.88. The summed E-state index contributed by atoms with van der Waals surface area (Å²) < 4.78 is 10.6. The molecule has 42 heavy (non-hydrogen) atoms. The van der Waals surface area contributed by atoms with Gasteiger partial charge in [0.1, 0.15) is 23.7 Å². The van der Waals surface area contributed by atoms with Crippen LogP contribution in [0, 0.1) is 5.92 Å². The van der Waals surface area contributed by atoms with Crippen molar-refractivity contribution < 1.29 is 38.6 Å². The number of aliphatic carboxylic acids is 1. The van der Waals surface area contributed by atoms with E-state index < -0.39 is 53.7 Å². The van der Waals surface area contributed by atoms with E-state index in [1.165, 1.54) is 17.6 Å². The molecule has 3 aliphatic heterocycles. The minimum atomic E-state index is -1.36. The first-order valence-corrected chi connectivity index (χ1v) is 14.9. The summed E-state index contributed by atoms with van der Waals surface area (Å²) in [5.74, 6) is -2.33. The Labute approximate surface area is 245 Å². The Bertz CT molecular complexity index is 1220. The molecule has 4 amide bonds. The van der Waals surface area contributed by atoms with Gasteiger partial charge in [-0.1, -0.05) is 56.4 Å². The standard InChI is InChI=1S/C30H40N4O8/c1-41-28(39)31-23-12-6-4-2-3-5-11-21-16-30(21,27(37)38)32-25(35)24-15-22(18-34(24)26(23)36)42-29(40)33-14-13-19-9-7-8-10-20(19)17-33/h7-10,21-24H,2-6,11-18H2,1H3,(H,31,39)(H,32,35)(H,37,38)/t21-,22-,23+,24+,30-/m1/s1. The quantitative estimate of drug-likeness (QED) is 0.490. The Hall–Kier alpha value is -3.83. The molecular formula is C30H40N4O8. The number of alkyl carbamates (subject to hydrolysis) is 1. The summed E-state index contributed by atoms with van der Waals surface area (Å²) in [6, 6.07) is 5.91. The van der Waals surface area contributed by atoms with Gasteiger partial charge in [0.15, 0.2) is 0 Å². The van der Waals surface area contributed by atoms with Gasteiger partial charge in [0.2, 0.25) is 11.8 Å². The van der Waals surface area contributed by atoms with Crippen molar-refractivity contribution >= 4 is 30.0 Å². The number of ether oxygens (including phenoxy) is 2. The highest BCUT2D eigenvalue weighted by atomic mass is 16.6. The van der Waals surface area contributed by atoms with Crippen LogP contribution in [0.15, 0.2) is 24.3 Å². The predicted octanol–water partition coefficient (Wildman–Crippen LogP) is 2.58. The molecule has 5 rings (SSSR count). The summed E-state index contributed by atoms with van der Waals surface area (Å²) in [5, 5.41) is 15.4. The number of benzene rings is 1. The highest BCUT2D eigenvalue weighted by Crippen LogP contribution is 2.47. The van der Waals surface area contributed by atoms with Crippen molar-refractivity contribution in [2.45, 2.75) is 94.5 Å². The van der Waals surface area contributed by atoms with Crippen molar-refractivity contribution in [3.63, 3.8) is 0 Å². The third-order valence-electron chi connectivity index (χ3n) is 9.16. The number of nitrogens with zero attached hydrogens (tertiary/aromatic N) is 2. The number of fused-ring (bicyclic) bond motifs is 3. The summed E-state index contributed by atoms with van der Waals surface area (Å²) in [6.07, 6.45) is 4.30. The van der Waals surface area contributed by atoms with Crippen LogP contribution in [-0.4, -0.2) is 88.8 Å². The first kappa shape index (κ1) is 29.7. The van der Waals surface area contributed by atoms with Gasteiger partial charge >= 0.3 is 18.2 Å². The zero-order valence-corrected chi connectivity index (χ0v) is 24.0. The van der Waals surface area contributed by atoms with E-state index in [9.17, 15) is 29.1 Å². The minimum absolute atomic E-state index is 0.0268. The molecule has 0 spiro atoms. The largest absolute Gasteiger partial charge is 0.479 e. The van der Waals surface area contributed by atoms with Gasteiger partial charge in [0, 0.05) is 19.5 Å². The zero-order valence-electron chi connectivity index (χ0n) is 24.0. The van der Waals surface area contributed by atoms with Crippen LogP contribution in [0.4, 0.5) is 9.59 Å². The van der Waals surface area contributed by atoms with Crippen molar-refractivity contribution in [3.8, 4) is 0 Å². The van der Waals surface area contributed by atoms with Crippen molar-refractivity contribution in [1.82, 2.24) is 20.4 Å². The van der Waals surface area contributed by atoms with Gasteiger partial charge < -0.3 is 35.0 Å². The van der Waals surface area contributed by atoms with Crippen molar-refractivity contribution in [1.29, 1.82) is 0 Å². The van der Waals surface area contributed by atoms with Gasteiger partial charge in [0.25, 0.3) is 0 Å². The molecule has 0 bridgehead atoms. The summed E-state index contributed by atoms with van der Waals surface area (Å²) in [6.45, 7) is 0.848. The third kappa shape index (κ3) is 6.32. The molecule has 2 saturated heterocycles. The van der Waals surface area contributed by atoms with Crippen LogP contribution in [-0.2, 0) is 36.8 Å². The number of rotatable bonds is 3. The fourth-order valence-corrected chi connectivity index (χ4v) is 6.62. The van der Waals surface area contributed by atoms with Crippen LogP contribution in [0.2, 0.25) is 0 Å². The number of carboxylic acid groups (broad SMARTS) is 1. The molecule has 1 aromatic carbocycles. The normalized spacial score (nSPS) is 29.9. The summed E-state index contributed by atoms with van der Waals surface area (Å²) in [7, 11) is 1.21. The van der Waals surface area contributed by atoms with E-state index in [0.717, 1.165) is 31.2 Å². The average molecular weight is 585 g/mol. The van der Waals surface area contributed by atoms with Gasteiger partial charge in [-0.3, -0.25) is 9.59 Å². The van der Waals surface area contributed by atoms with Crippen LogP contribution >= 0.6 is 0 Å². The molecular weight excluding hydrogens is 544 g/mol. The fraction of sp³-hybridized carbons (Fsp3) is 0.633. The predicted molar refractivity (Wildman–Crippen MR) is 149 cm³/mol. The highest BCUT2D eigenvalue weighted by Gasteiger charge is 2.62. The zero-order chi connectivity index (χ0) is 29.9. The van der Waals surface area contributed by atoms with Gasteiger partial charge in [-0.15, -0.1) is 0 Å². The number of hydrogen-bond acceptors (Lipinski definition) is 7. The first-order chi connectivity index (χ1) is 20.2. The molecule has 228 valence electrons. The van der Waals surface area contributed by atoms with Gasteiger partial charge in [-0.2, -0.15) is 0 Å². The SMILES string of the molecule is COC(=O)N[C@H]1CCCCCCC[C@@H]2C[C@@]2(C(=O)O)NC(=O)[C@@H]2C[C@@H](OC(=O)N3CCc4ccccc4C3)CN2C1=O. The van der Waals surface area contributed by atoms with Crippen molar-refractivity contribution in [2.75, 3.05) is 20.2 Å². The fourth-order valence-electron chi connectivity index (χ4n) is 6.62. The van der Waals surface area contributed by atoms with Crippen LogP contribution in [0.25, 0.3) is 0 Å². The monoisotopic (exact) mass is 584 g/mol. The van der Waals surface area contributed by atoms with Crippen LogP contribution < -0.4 is 10.6 Å². The maximum atomic E-state index is 13.8. The lowest BCUT2D eigenvalue weighted by Gasteiger charge is -2.29. The second-order valence-electron chi connectivity index (χ2n) is 11.9. The molecule has 0 radical (unpaired) electrons. The molecule has 12 nitrogen and oxygen atoms in total. The van der Waals surface area contributed by atoms with Crippen LogP contribution in [0.5, 0.6) is 0 Å². The Morgan fingerprint density at radius 1 is 1.05 bits per heavy atom. The van der Waals surface area contributed by atoms with Crippen molar-refractivity contribution in [2.24, 2.45) is 5.92 Å². The first-order valence-electron chi connectivity index (χ1n) is 14.9. The number of carboxylic acids is 1. The molecule has 3 heterocycles. The number of carbonyl (C=O) groups excluding carboxylic acids is 4. The molecule has 4 aliphatic rings. The topological polar surface area (TPSA) is 155 Å². The Morgan fingerprint density at radius 2 is 1.76 bits per heavy atom. The number of carbonyl (C=O) groups is 5. The van der Waals surface area contributed by atoms with Gasteiger partial charge in [-0.25, -0.2) is 14.4 Å². The molecule has 3 N–H and O–H groups in total. The second-order valence-corrected chi connectivity index (χ2v) is 11.9. The average Bonchev–Trinajstić information content (AvgIpc) is 3.52. The Balaban J connectivity index is 1.35. The smallest absolute Gasteiger partial charge is 0.410 e. The number of amides is 4. The molecule has 0 unspecified atom stereocenters. The maximum Gasteiger partial charge on any atom is 0.410 e. The van der Waals surface area contributed by atoms with Gasteiger partial charge in [-0.05, 0) is 42.7 Å². The lowest BCUT2D eigenvalue weighted by molar-refractivity contribution is -0.146. The highest BCUT2D eigenvalue weighted by molar-refractivity contribution is 5.96. The third-order valence-corrected chi connectivity index (χ3v) is 9.16. The second kappa shape index (κ2) is 12.6. The molecule has 3 fully saturated rings. The summed E-state index contributed by atoms with van der Waals surface area (Å²) >= 11 is 0. The van der Waals surface area contributed by atoms with E-state index in [1.54, 1.807) is 4.90 Å². The number of methoxy groups -OCH3 is 1. The lowest BCUT2D eigenvalue weighted by Crippen LogP contribution is -2.56. The van der Waals surface area contributed by atoms with E-state index in [0.29, 0.717) is 45.2 Å². The van der Waals surface area contributed by atoms with E-state index in [1.807, 2.05) is 24.3 Å². The molecule has 12 heteroatoms. The van der Waals surface area contributed by atoms with E-state index in [-0.39, 0.29) is 18.9 Å². The summed E-state index contributed by atoms with van der Waals surface area (Å²) in [4.78, 5) is 68.0. The molecule has 1 aliphatic carbocycles. The van der Waals surface area contributed by atoms with Crippen LogP contribution in [0.3, 0.4) is 0 Å². The number of nitrogens with one attached hydrogen (secondary N) is 2. The van der Waals surface area contributed by atoms with Crippen molar-refractivity contribution in [3.05, 3.63) is 35.4 Å². The lowest BCUT2D eigenvalue weighted by atomic mass is 10.0. The van der Waals surface area contributed by atoms with Crippen LogP contribution in [0.1, 0.15) is 68.9 Å². The minimum Gasteiger partial charge on any atom is -0.479 e. The molecule has 1 aromatic rings. The maximum absolute atomic E-state index is 13.8.